The number of nitrogens with zero attached hydrogens (tertiary/aromatic N) is 2. The molecular weight excluding hydrogens is 436 g/mol. The summed E-state index contributed by atoms with van der Waals surface area (Å²) >= 11 is 0. The molecule has 5 aromatic carbocycles. The van der Waals surface area contributed by atoms with Crippen molar-refractivity contribution in [3.8, 4) is 11.1 Å². The predicted molar refractivity (Wildman–Crippen MR) is 153 cm³/mol. The fourth-order valence-corrected chi connectivity index (χ4v) is 7.57. The summed E-state index contributed by atoms with van der Waals surface area (Å²) in [5.74, 6) is 0. The van der Waals surface area contributed by atoms with Crippen molar-refractivity contribution in [3.05, 3.63) is 102 Å². The van der Waals surface area contributed by atoms with Gasteiger partial charge in [-0.15, -0.1) is 0 Å². The van der Waals surface area contributed by atoms with Crippen LogP contribution in [0.2, 0.25) is 0 Å². The van der Waals surface area contributed by atoms with Crippen LogP contribution in [-0.4, -0.2) is 8.97 Å². The Kier molecular flexibility index (Phi) is 3.11. The fraction of sp³-hybridized carbons (Fsp3) is 0.118. The molecule has 0 radical (unpaired) electrons. The summed E-state index contributed by atoms with van der Waals surface area (Å²) in [7, 11) is 2.26. The van der Waals surface area contributed by atoms with Gasteiger partial charge in [-0.25, -0.2) is 0 Å². The monoisotopic (exact) mass is 460 g/mol. The Hall–Kier alpha value is -4.30. The zero-order chi connectivity index (χ0) is 23.9. The van der Waals surface area contributed by atoms with Crippen LogP contribution in [0.25, 0.3) is 71.0 Å². The summed E-state index contributed by atoms with van der Waals surface area (Å²) in [4.78, 5) is 0. The first kappa shape index (κ1) is 19.0. The molecule has 1 aliphatic carbocycles. The van der Waals surface area contributed by atoms with E-state index in [1.54, 1.807) is 0 Å². The minimum absolute atomic E-state index is 0.0624. The van der Waals surface area contributed by atoms with Gasteiger partial charge >= 0.3 is 0 Å². The minimum atomic E-state index is -0.0624. The SMILES string of the molecule is Cn1c2cccc3c2c2c(cc4c(c21)C(C)(C)c1ccccc1-4)c1cccc2c4ccccc4n3c12. The lowest BCUT2D eigenvalue weighted by molar-refractivity contribution is 0.662. The van der Waals surface area contributed by atoms with Crippen molar-refractivity contribution in [1.29, 1.82) is 0 Å². The van der Waals surface area contributed by atoms with Crippen LogP contribution >= 0.6 is 0 Å². The molecule has 36 heavy (non-hydrogen) atoms. The first-order valence-electron chi connectivity index (χ1n) is 12.8. The van der Waals surface area contributed by atoms with E-state index in [2.05, 4.69) is 121 Å². The van der Waals surface area contributed by atoms with Crippen molar-refractivity contribution in [2.45, 2.75) is 19.3 Å². The summed E-state index contributed by atoms with van der Waals surface area (Å²) in [6.07, 6.45) is 0. The van der Waals surface area contributed by atoms with Crippen LogP contribution < -0.4 is 0 Å². The number of rotatable bonds is 0. The average molecular weight is 461 g/mol. The van der Waals surface area contributed by atoms with Crippen LogP contribution in [-0.2, 0) is 12.5 Å². The lowest BCUT2D eigenvalue weighted by atomic mass is 9.81. The molecule has 170 valence electrons. The van der Waals surface area contributed by atoms with E-state index in [4.69, 9.17) is 0 Å². The quantitative estimate of drug-likeness (QED) is 0.214. The van der Waals surface area contributed by atoms with E-state index in [-0.39, 0.29) is 5.41 Å². The van der Waals surface area contributed by atoms with E-state index in [1.807, 2.05) is 0 Å². The van der Waals surface area contributed by atoms with Crippen LogP contribution in [0.5, 0.6) is 0 Å². The topological polar surface area (TPSA) is 9.34 Å². The highest BCUT2D eigenvalue weighted by Crippen LogP contribution is 2.55. The molecule has 0 saturated carbocycles. The highest BCUT2D eigenvalue weighted by atomic mass is 15.0. The molecule has 0 aliphatic heterocycles. The molecule has 3 aromatic heterocycles. The highest BCUT2D eigenvalue weighted by Gasteiger charge is 2.39. The van der Waals surface area contributed by atoms with Crippen molar-refractivity contribution >= 4 is 59.9 Å². The molecule has 0 atom stereocenters. The van der Waals surface area contributed by atoms with Gasteiger partial charge in [0.05, 0.1) is 27.6 Å². The smallest absolute Gasteiger partial charge is 0.0619 e. The third-order valence-corrected chi connectivity index (χ3v) is 9.01. The Bertz CT molecular complexity index is 2240. The molecule has 3 heterocycles. The highest BCUT2D eigenvalue weighted by molar-refractivity contribution is 6.32. The second-order valence-electron chi connectivity index (χ2n) is 11.0. The van der Waals surface area contributed by atoms with Crippen molar-refractivity contribution in [2.24, 2.45) is 7.05 Å². The largest absolute Gasteiger partial charge is 0.343 e. The molecule has 0 fully saturated rings. The Labute approximate surface area is 208 Å². The third-order valence-electron chi connectivity index (χ3n) is 9.01. The van der Waals surface area contributed by atoms with E-state index in [0.717, 1.165) is 0 Å². The number of para-hydroxylation sites is 2. The molecular formula is C34H24N2. The Morgan fingerprint density at radius 2 is 1.22 bits per heavy atom. The Balaban J connectivity index is 1.71. The number of aromatic nitrogens is 2. The maximum Gasteiger partial charge on any atom is 0.0619 e. The maximum atomic E-state index is 2.52. The van der Waals surface area contributed by atoms with Crippen LogP contribution in [0.4, 0.5) is 0 Å². The van der Waals surface area contributed by atoms with Gasteiger partial charge in [0.15, 0.2) is 0 Å². The molecule has 0 saturated heterocycles. The number of hydrogen-bond donors (Lipinski definition) is 0. The predicted octanol–water partition coefficient (Wildman–Crippen LogP) is 8.79. The molecule has 9 rings (SSSR count). The van der Waals surface area contributed by atoms with Crippen molar-refractivity contribution < 1.29 is 0 Å². The Morgan fingerprint density at radius 3 is 2.11 bits per heavy atom. The maximum absolute atomic E-state index is 2.52. The summed E-state index contributed by atoms with van der Waals surface area (Å²) in [5.41, 5.74) is 12.1. The van der Waals surface area contributed by atoms with Crippen LogP contribution in [0.15, 0.2) is 91.0 Å². The van der Waals surface area contributed by atoms with Gasteiger partial charge in [0, 0.05) is 39.4 Å². The molecule has 2 heteroatoms. The summed E-state index contributed by atoms with van der Waals surface area (Å²) in [5, 5.41) is 8.06. The van der Waals surface area contributed by atoms with Crippen LogP contribution in [0.3, 0.4) is 0 Å². The second-order valence-corrected chi connectivity index (χ2v) is 11.0. The molecule has 0 unspecified atom stereocenters. The summed E-state index contributed by atoms with van der Waals surface area (Å²) < 4.78 is 4.98. The Morgan fingerprint density at radius 1 is 0.556 bits per heavy atom. The van der Waals surface area contributed by atoms with Crippen molar-refractivity contribution in [1.82, 2.24) is 8.97 Å². The molecule has 2 nitrogen and oxygen atoms in total. The van der Waals surface area contributed by atoms with E-state index in [0.29, 0.717) is 0 Å². The van der Waals surface area contributed by atoms with Gasteiger partial charge in [-0.3, -0.25) is 0 Å². The van der Waals surface area contributed by atoms with E-state index in [1.165, 1.54) is 82.2 Å². The number of benzene rings is 5. The molecule has 8 aromatic rings. The molecule has 0 spiro atoms. The molecule has 1 aliphatic rings. The van der Waals surface area contributed by atoms with Gasteiger partial charge in [-0.1, -0.05) is 80.6 Å². The van der Waals surface area contributed by atoms with E-state index >= 15 is 0 Å². The standard InChI is InChI=1S/C34H24N2/c1-34(2)25-14-6-4-10-19(25)24-18-23-22-13-8-12-21-20-11-5-7-15-26(20)36(32(21)22)28-17-9-16-27-30(28)29(23)33(31(24)34)35(27)3/h4-18H,1-3H3. The van der Waals surface area contributed by atoms with Crippen molar-refractivity contribution in [2.75, 3.05) is 0 Å². The first-order chi connectivity index (χ1) is 17.6. The van der Waals surface area contributed by atoms with Gasteiger partial charge in [0.25, 0.3) is 0 Å². The van der Waals surface area contributed by atoms with Gasteiger partial charge < -0.3 is 8.97 Å². The minimum Gasteiger partial charge on any atom is -0.343 e. The van der Waals surface area contributed by atoms with Gasteiger partial charge in [0.2, 0.25) is 0 Å². The third kappa shape index (κ3) is 1.89. The lowest BCUT2D eigenvalue weighted by Gasteiger charge is -2.23. The number of hydrogen-bond acceptors (Lipinski definition) is 0. The summed E-state index contributed by atoms with van der Waals surface area (Å²) in [6, 6.07) is 34.1. The second kappa shape index (κ2) is 5.91. The average Bonchev–Trinajstić information content (AvgIpc) is 3.44. The molecule has 0 bridgehead atoms. The van der Waals surface area contributed by atoms with E-state index < -0.39 is 0 Å². The zero-order valence-electron chi connectivity index (χ0n) is 20.6. The molecule has 0 amide bonds. The van der Waals surface area contributed by atoms with Crippen molar-refractivity contribution in [3.63, 3.8) is 0 Å². The van der Waals surface area contributed by atoms with Crippen LogP contribution in [0, 0.1) is 0 Å². The van der Waals surface area contributed by atoms with Gasteiger partial charge in [-0.05, 0) is 51.9 Å². The summed E-state index contributed by atoms with van der Waals surface area (Å²) in [6.45, 7) is 4.79. The van der Waals surface area contributed by atoms with Crippen LogP contribution in [0.1, 0.15) is 25.0 Å². The van der Waals surface area contributed by atoms with E-state index in [9.17, 15) is 0 Å². The number of aryl methyl sites for hydroxylation is 1. The first-order valence-corrected chi connectivity index (χ1v) is 12.8. The number of fused-ring (bicyclic) bond motifs is 9. The lowest BCUT2D eigenvalue weighted by Crippen LogP contribution is -2.16. The van der Waals surface area contributed by atoms with Gasteiger partial charge in [0.1, 0.15) is 0 Å². The fourth-order valence-electron chi connectivity index (χ4n) is 7.57. The normalized spacial score (nSPS) is 14.8. The zero-order valence-corrected chi connectivity index (χ0v) is 20.6. The molecule has 0 N–H and O–H groups in total. The van der Waals surface area contributed by atoms with Gasteiger partial charge in [-0.2, -0.15) is 0 Å².